The number of rotatable bonds is 5. The van der Waals surface area contributed by atoms with Gasteiger partial charge in [0.15, 0.2) is 0 Å². The summed E-state index contributed by atoms with van der Waals surface area (Å²) in [5, 5.41) is 13.8. The van der Waals surface area contributed by atoms with Gasteiger partial charge in [-0.25, -0.2) is 4.79 Å². The van der Waals surface area contributed by atoms with Gasteiger partial charge in [-0.1, -0.05) is 13.3 Å². The highest BCUT2D eigenvalue weighted by Gasteiger charge is 2.14. The van der Waals surface area contributed by atoms with Crippen molar-refractivity contribution in [3.63, 3.8) is 0 Å². The monoisotopic (exact) mass is 277 g/mol. The number of aromatic carboxylic acids is 1. The van der Waals surface area contributed by atoms with Crippen LogP contribution in [-0.2, 0) is 0 Å². The standard InChI is InChI=1S/C9H12BrNO2S/c1-2-3-4-11-7-6(10)5-14-8(7)9(12)13/h5,11H,2-4H2,1H3,(H,12,13). The second kappa shape index (κ2) is 5.36. The highest BCUT2D eigenvalue weighted by molar-refractivity contribution is 9.10. The third-order valence-electron chi connectivity index (χ3n) is 1.77. The summed E-state index contributed by atoms with van der Waals surface area (Å²) in [6.45, 7) is 2.91. The van der Waals surface area contributed by atoms with Gasteiger partial charge in [0.2, 0.25) is 0 Å². The first-order valence-electron chi connectivity index (χ1n) is 4.41. The van der Waals surface area contributed by atoms with Crippen LogP contribution in [0.25, 0.3) is 0 Å². The fourth-order valence-corrected chi connectivity index (χ4v) is 2.54. The number of hydrogen-bond acceptors (Lipinski definition) is 3. The first kappa shape index (κ1) is 11.5. The largest absolute Gasteiger partial charge is 0.477 e. The molecule has 78 valence electrons. The number of carboxylic acids is 1. The van der Waals surface area contributed by atoms with Crippen LogP contribution in [0, 0.1) is 0 Å². The van der Waals surface area contributed by atoms with Crippen molar-refractivity contribution in [3.8, 4) is 0 Å². The Morgan fingerprint density at radius 2 is 2.43 bits per heavy atom. The Morgan fingerprint density at radius 3 is 3.00 bits per heavy atom. The predicted octanol–water partition coefficient (Wildman–Crippen LogP) is 3.42. The number of unbranched alkanes of at least 4 members (excludes halogenated alkanes) is 1. The molecule has 0 amide bonds. The summed E-state index contributed by atoms with van der Waals surface area (Å²) in [7, 11) is 0. The highest BCUT2D eigenvalue weighted by atomic mass is 79.9. The Morgan fingerprint density at radius 1 is 1.71 bits per heavy atom. The van der Waals surface area contributed by atoms with Crippen molar-refractivity contribution in [2.24, 2.45) is 0 Å². The van der Waals surface area contributed by atoms with Gasteiger partial charge in [0.25, 0.3) is 0 Å². The van der Waals surface area contributed by atoms with Gasteiger partial charge in [-0.05, 0) is 22.4 Å². The minimum atomic E-state index is -0.875. The number of nitrogens with one attached hydrogen (secondary N) is 1. The van der Waals surface area contributed by atoms with E-state index in [0.29, 0.717) is 10.6 Å². The maximum Gasteiger partial charge on any atom is 0.348 e. The Bertz CT molecular complexity index is 325. The molecule has 0 spiro atoms. The Kier molecular flexibility index (Phi) is 4.41. The fraction of sp³-hybridized carbons (Fsp3) is 0.444. The molecule has 0 aromatic carbocycles. The van der Waals surface area contributed by atoms with Gasteiger partial charge in [-0.15, -0.1) is 11.3 Å². The highest BCUT2D eigenvalue weighted by Crippen LogP contribution is 2.32. The van der Waals surface area contributed by atoms with Crippen molar-refractivity contribution < 1.29 is 9.90 Å². The number of carboxylic acid groups (broad SMARTS) is 1. The van der Waals surface area contributed by atoms with E-state index in [4.69, 9.17) is 5.11 Å². The second-order valence-corrected chi connectivity index (χ2v) is 4.61. The van der Waals surface area contributed by atoms with Gasteiger partial charge in [-0.3, -0.25) is 0 Å². The Hall–Kier alpha value is -0.550. The van der Waals surface area contributed by atoms with Crippen molar-refractivity contribution in [1.29, 1.82) is 0 Å². The summed E-state index contributed by atoms with van der Waals surface area (Å²) in [5.74, 6) is -0.875. The summed E-state index contributed by atoms with van der Waals surface area (Å²) in [6, 6.07) is 0. The predicted molar refractivity (Wildman–Crippen MR) is 62.4 cm³/mol. The number of carbonyl (C=O) groups is 1. The molecule has 0 unspecified atom stereocenters. The van der Waals surface area contributed by atoms with Crippen LogP contribution in [0.15, 0.2) is 9.85 Å². The molecule has 0 atom stereocenters. The zero-order valence-corrected chi connectivity index (χ0v) is 10.2. The summed E-state index contributed by atoms with van der Waals surface area (Å²) in [4.78, 5) is 11.2. The van der Waals surface area contributed by atoms with Crippen molar-refractivity contribution in [1.82, 2.24) is 0 Å². The molecule has 0 saturated carbocycles. The van der Waals surface area contributed by atoms with Crippen LogP contribution in [0.2, 0.25) is 0 Å². The summed E-state index contributed by atoms with van der Waals surface area (Å²) < 4.78 is 0.830. The average Bonchev–Trinajstić information content (AvgIpc) is 2.48. The van der Waals surface area contributed by atoms with Gasteiger partial charge in [-0.2, -0.15) is 0 Å². The first-order valence-corrected chi connectivity index (χ1v) is 6.08. The smallest absolute Gasteiger partial charge is 0.348 e. The lowest BCUT2D eigenvalue weighted by Gasteiger charge is -2.05. The third-order valence-corrected chi connectivity index (χ3v) is 3.67. The normalized spacial score (nSPS) is 10.1. The SMILES string of the molecule is CCCCNc1c(Br)csc1C(=O)O. The quantitative estimate of drug-likeness (QED) is 0.811. The molecule has 1 rings (SSSR count). The van der Waals surface area contributed by atoms with Crippen LogP contribution < -0.4 is 5.32 Å². The van der Waals surface area contributed by atoms with Crippen molar-refractivity contribution >= 4 is 38.9 Å². The van der Waals surface area contributed by atoms with Crippen LogP contribution in [-0.4, -0.2) is 17.6 Å². The minimum Gasteiger partial charge on any atom is -0.477 e. The van der Waals surface area contributed by atoms with Gasteiger partial charge in [0, 0.05) is 11.9 Å². The molecule has 1 aromatic rings. The van der Waals surface area contributed by atoms with E-state index in [-0.39, 0.29) is 0 Å². The fourth-order valence-electron chi connectivity index (χ4n) is 1.05. The van der Waals surface area contributed by atoms with Gasteiger partial charge in [0.05, 0.1) is 10.2 Å². The van der Waals surface area contributed by atoms with E-state index < -0.39 is 5.97 Å². The zero-order valence-electron chi connectivity index (χ0n) is 7.84. The van der Waals surface area contributed by atoms with Crippen molar-refractivity contribution in [3.05, 3.63) is 14.7 Å². The molecule has 0 bridgehead atoms. The molecule has 5 heteroatoms. The lowest BCUT2D eigenvalue weighted by molar-refractivity contribution is 0.0703. The van der Waals surface area contributed by atoms with E-state index in [9.17, 15) is 4.79 Å². The topological polar surface area (TPSA) is 49.3 Å². The second-order valence-electron chi connectivity index (χ2n) is 2.87. The molecule has 1 aromatic heterocycles. The zero-order chi connectivity index (χ0) is 10.6. The number of thiophene rings is 1. The molecule has 2 N–H and O–H groups in total. The van der Waals surface area contributed by atoms with Gasteiger partial charge >= 0.3 is 5.97 Å². The molecule has 0 radical (unpaired) electrons. The molecule has 0 aliphatic carbocycles. The van der Waals surface area contributed by atoms with E-state index in [0.717, 1.165) is 23.9 Å². The summed E-state index contributed by atoms with van der Waals surface area (Å²) in [6.07, 6.45) is 2.14. The Balaban J connectivity index is 2.72. The molecule has 3 nitrogen and oxygen atoms in total. The number of hydrogen-bond donors (Lipinski definition) is 2. The summed E-state index contributed by atoms with van der Waals surface area (Å²) in [5.41, 5.74) is 0.705. The average molecular weight is 278 g/mol. The maximum atomic E-state index is 10.8. The third kappa shape index (κ3) is 2.72. The van der Waals surface area contributed by atoms with E-state index in [1.165, 1.54) is 11.3 Å². The molecule has 1 heterocycles. The van der Waals surface area contributed by atoms with Crippen molar-refractivity contribution in [2.75, 3.05) is 11.9 Å². The molecule has 0 aliphatic rings. The first-order chi connectivity index (χ1) is 6.66. The van der Waals surface area contributed by atoms with Crippen LogP contribution in [0.4, 0.5) is 5.69 Å². The lowest BCUT2D eigenvalue weighted by atomic mass is 10.3. The maximum absolute atomic E-state index is 10.8. The van der Waals surface area contributed by atoms with Crippen LogP contribution in [0.5, 0.6) is 0 Å². The van der Waals surface area contributed by atoms with Crippen LogP contribution >= 0.6 is 27.3 Å². The number of halogens is 1. The lowest BCUT2D eigenvalue weighted by Crippen LogP contribution is -2.05. The molecular formula is C9H12BrNO2S. The molecular weight excluding hydrogens is 266 g/mol. The van der Waals surface area contributed by atoms with E-state index >= 15 is 0 Å². The molecule has 14 heavy (non-hydrogen) atoms. The van der Waals surface area contributed by atoms with Gasteiger partial charge in [0.1, 0.15) is 4.88 Å². The number of anilines is 1. The molecule has 0 fully saturated rings. The van der Waals surface area contributed by atoms with Crippen LogP contribution in [0.3, 0.4) is 0 Å². The van der Waals surface area contributed by atoms with E-state index in [1.54, 1.807) is 5.38 Å². The minimum absolute atomic E-state index is 0.368. The Labute approximate surface area is 95.3 Å². The van der Waals surface area contributed by atoms with Crippen LogP contribution in [0.1, 0.15) is 29.4 Å². The molecule has 0 aliphatic heterocycles. The molecule has 0 saturated heterocycles. The summed E-state index contributed by atoms with van der Waals surface area (Å²) >= 11 is 4.56. The van der Waals surface area contributed by atoms with Crippen molar-refractivity contribution in [2.45, 2.75) is 19.8 Å². The van der Waals surface area contributed by atoms with Gasteiger partial charge < -0.3 is 10.4 Å². The van der Waals surface area contributed by atoms with E-state index in [2.05, 4.69) is 28.2 Å². The van der Waals surface area contributed by atoms with E-state index in [1.807, 2.05) is 0 Å².